The molecule has 0 heterocycles. The Morgan fingerprint density at radius 1 is 1.83 bits per heavy atom. The summed E-state index contributed by atoms with van der Waals surface area (Å²) in [7, 11) is 0. The van der Waals surface area contributed by atoms with Gasteiger partial charge in [0, 0.05) is 0 Å². The minimum Gasteiger partial charge on any atom is -0.393 e. The van der Waals surface area contributed by atoms with Crippen LogP contribution in [-0.4, -0.2) is 29.2 Å². The first-order chi connectivity index (χ1) is 2.81. The van der Waals surface area contributed by atoms with Crippen LogP contribution in [0.1, 0.15) is 0 Å². The summed E-state index contributed by atoms with van der Waals surface area (Å²) in [6.45, 7) is -0.483. The van der Waals surface area contributed by atoms with Crippen LogP contribution in [0.4, 0.5) is 0 Å². The molecule has 3 heteroatoms. The van der Waals surface area contributed by atoms with Gasteiger partial charge in [-0.15, -0.1) is 0 Å². The number of rotatable bonds is 2. The summed E-state index contributed by atoms with van der Waals surface area (Å²) in [5.74, 6) is 0. The lowest BCUT2D eigenvalue weighted by Gasteiger charge is -1.89. The van der Waals surface area contributed by atoms with Gasteiger partial charge in [0.2, 0.25) is 0 Å². The maximum atomic E-state index is 9.33. The third kappa shape index (κ3) is 1.87. The molecule has 0 aliphatic heterocycles. The summed E-state index contributed by atoms with van der Waals surface area (Å²) in [5, 5.41) is 15.9. The molecular weight excluding hydrogens is 87.0 g/mol. The predicted octanol–water partition coefficient (Wildman–Crippen LogP) is -1.46. The highest BCUT2D eigenvalue weighted by Gasteiger charge is 1.92. The molecule has 0 aromatic heterocycles. The molecular formula is C3H6O3. The van der Waals surface area contributed by atoms with Gasteiger partial charge in [0.05, 0.1) is 6.61 Å². The maximum Gasteiger partial charge on any atom is 0.150 e. The fourth-order valence-electron chi connectivity index (χ4n) is 0.0430. The molecule has 0 amide bonds. The zero-order chi connectivity index (χ0) is 4.99. The lowest BCUT2D eigenvalue weighted by Crippen LogP contribution is -2.12. The second kappa shape index (κ2) is 2.81. The molecule has 0 aliphatic rings. The molecule has 0 spiro atoms. The highest BCUT2D eigenvalue weighted by Crippen LogP contribution is 1.66. The van der Waals surface area contributed by atoms with Crippen LogP contribution >= 0.6 is 0 Å². The van der Waals surface area contributed by atoms with Crippen molar-refractivity contribution in [2.24, 2.45) is 0 Å². The van der Waals surface area contributed by atoms with E-state index in [0.29, 0.717) is 0 Å². The van der Waals surface area contributed by atoms with E-state index >= 15 is 0 Å². The quantitative estimate of drug-likeness (QED) is 0.324. The number of aliphatic hydroxyl groups excluding tert-OH is 2. The molecule has 3 nitrogen and oxygen atoms in total. The molecule has 0 fully saturated rings. The van der Waals surface area contributed by atoms with Crippen LogP contribution in [0.15, 0.2) is 0 Å². The standard InChI is InChI=1S/C3H6O3/c4-1-3(6)2-5/h1,3,5-6H,2H2/i1+1,2+1,3+1. The van der Waals surface area contributed by atoms with Gasteiger partial charge >= 0.3 is 0 Å². The molecule has 0 aromatic carbocycles. The van der Waals surface area contributed by atoms with Crippen molar-refractivity contribution in [2.75, 3.05) is 6.61 Å². The fourth-order valence-corrected chi connectivity index (χ4v) is 0.0430. The fraction of sp³-hybridized carbons (Fsp3) is 0.667. The summed E-state index contributed by atoms with van der Waals surface area (Å²) in [5.41, 5.74) is 0. The monoisotopic (exact) mass is 93.0 g/mol. The molecule has 1 unspecified atom stereocenters. The molecule has 0 saturated heterocycles. The molecule has 1 atom stereocenters. The Hall–Kier alpha value is -0.410. The van der Waals surface area contributed by atoms with Crippen LogP contribution in [0.2, 0.25) is 0 Å². The van der Waals surface area contributed by atoms with E-state index in [0.717, 1.165) is 0 Å². The number of aliphatic hydroxyl groups is 2. The number of carbonyl (C=O) groups excluding carboxylic acids is 1. The zero-order valence-electron chi connectivity index (χ0n) is 3.16. The summed E-state index contributed by atoms with van der Waals surface area (Å²) in [4.78, 5) is 9.33. The van der Waals surface area contributed by atoms with E-state index in [4.69, 9.17) is 10.2 Å². The van der Waals surface area contributed by atoms with Gasteiger partial charge in [0.15, 0.2) is 6.29 Å². The Morgan fingerprint density at radius 2 is 2.33 bits per heavy atom. The number of hydrogen-bond donors (Lipinski definition) is 2. The normalized spacial score (nSPS) is 13.7. The number of carbonyl (C=O) groups is 1. The van der Waals surface area contributed by atoms with Crippen LogP contribution in [0.25, 0.3) is 0 Å². The molecule has 0 bridgehead atoms. The average Bonchev–Trinajstić information content (AvgIpc) is 1.65. The second-order valence-electron chi connectivity index (χ2n) is 0.886. The largest absolute Gasteiger partial charge is 0.393 e. The van der Waals surface area contributed by atoms with Crippen molar-refractivity contribution in [3.63, 3.8) is 0 Å². The summed E-state index contributed by atoms with van der Waals surface area (Å²) in [6, 6.07) is 0. The Labute approximate surface area is 35.2 Å². The Balaban J connectivity index is 2.96. The highest BCUT2D eigenvalue weighted by atomic mass is 16.5. The summed E-state index contributed by atoms with van der Waals surface area (Å²) < 4.78 is 0. The average molecular weight is 93.1 g/mol. The van der Waals surface area contributed by atoms with Crippen LogP contribution in [0, 0.1) is 0 Å². The topological polar surface area (TPSA) is 57.5 Å². The van der Waals surface area contributed by atoms with E-state index in [1.807, 2.05) is 0 Å². The minimum absolute atomic E-state index is 0.278. The number of aldehydes is 1. The Morgan fingerprint density at radius 3 is 2.33 bits per heavy atom. The van der Waals surface area contributed by atoms with Crippen molar-refractivity contribution >= 4 is 6.29 Å². The van der Waals surface area contributed by atoms with Gasteiger partial charge in [-0.3, -0.25) is 0 Å². The van der Waals surface area contributed by atoms with E-state index in [1.165, 1.54) is 0 Å². The first-order valence-corrected chi connectivity index (χ1v) is 1.55. The van der Waals surface area contributed by atoms with Crippen LogP contribution < -0.4 is 0 Å². The van der Waals surface area contributed by atoms with E-state index in [2.05, 4.69) is 0 Å². The second-order valence-corrected chi connectivity index (χ2v) is 0.886. The molecule has 0 aromatic rings. The van der Waals surface area contributed by atoms with E-state index < -0.39 is 12.7 Å². The van der Waals surface area contributed by atoms with Gasteiger partial charge in [-0.2, -0.15) is 0 Å². The lowest BCUT2D eigenvalue weighted by atomic mass is 11.4. The highest BCUT2D eigenvalue weighted by molar-refractivity contribution is 5.55. The van der Waals surface area contributed by atoms with Crippen molar-refractivity contribution in [1.29, 1.82) is 0 Å². The van der Waals surface area contributed by atoms with Gasteiger partial charge in [-0.1, -0.05) is 0 Å². The van der Waals surface area contributed by atoms with Gasteiger partial charge in [-0.05, 0) is 0 Å². The molecule has 36 valence electrons. The Bertz CT molecular complexity index is 43.3. The smallest absolute Gasteiger partial charge is 0.150 e. The summed E-state index contributed by atoms with van der Waals surface area (Å²) >= 11 is 0. The van der Waals surface area contributed by atoms with Gasteiger partial charge in [0.1, 0.15) is 6.10 Å². The lowest BCUT2D eigenvalue weighted by molar-refractivity contribution is -0.116. The Kier molecular flexibility index (Phi) is 2.62. The van der Waals surface area contributed by atoms with Crippen molar-refractivity contribution in [1.82, 2.24) is 0 Å². The van der Waals surface area contributed by atoms with Gasteiger partial charge in [0.25, 0.3) is 0 Å². The molecule has 2 N–H and O–H groups in total. The third-order valence-electron chi connectivity index (χ3n) is 0.344. The third-order valence-corrected chi connectivity index (χ3v) is 0.344. The minimum atomic E-state index is -1.19. The first-order valence-electron chi connectivity index (χ1n) is 1.55. The first kappa shape index (κ1) is 5.59. The van der Waals surface area contributed by atoms with Crippen LogP contribution in [0.5, 0.6) is 0 Å². The predicted molar refractivity (Wildman–Crippen MR) is 19.2 cm³/mol. The molecule has 6 heavy (non-hydrogen) atoms. The van der Waals surface area contributed by atoms with Crippen molar-refractivity contribution in [3.05, 3.63) is 0 Å². The van der Waals surface area contributed by atoms with Crippen molar-refractivity contribution in [2.45, 2.75) is 6.10 Å². The van der Waals surface area contributed by atoms with Crippen molar-refractivity contribution < 1.29 is 15.0 Å². The SMILES string of the molecule is O=[13CH][13CH](O)[13CH2]O. The van der Waals surface area contributed by atoms with Crippen molar-refractivity contribution in [3.8, 4) is 0 Å². The van der Waals surface area contributed by atoms with Gasteiger partial charge in [-0.25, -0.2) is 0 Å². The van der Waals surface area contributed by atoms with Crippen LogP contribution in [0.3, 0.4) is 0 Å². The molecule has 0 aliphatic carbocycles. The van der Waals surface area contributed by atoms with E-state index in [-0.39, 0.29) is 6.29 Å². The van der Waals surface area contributed by atoms with E-state index in [1.54, 1.807) is 0 Å². The molecule has 0 saturated carbocycles. The van der Waals surface area contributed by atoms with Crippen LogP contribution in [-0.2, 0) is 4.79 Å². The molecule has 0 rings (SSSR count). The van der Waals surface area contributed by atoms with E-state index in [9.17, 15) is 4.79 Å². The summed E-state index contributed by atoms with van der Waals surface area (Å²) in [6.07, 6.45) is -0.912. The maximum absolute atomic E-state index is 9.33. The zero-order valence-corrected chi connectivity index (χ0v) is 3.16. The molecule has 0 radical (unpaired) electrons. The number of hydrogen-bond acceptors (Lipinski definition) is 3. The van der Waals surface area contributed by atoms with Gasteiger partial charge < -0.3 is 15.0 Å².